The first-order chi connectivity index (χ1) is 21.1. The SMILES string of the molecule is CC1(C)c2ccccc2-c2c1ccc1cc(-c3nc(-c4ccccc4)nc(-c4ccccc4-c4ccccc4)n3)ccc21. The average molecular weight is 552 g/mol. The maximum absolute atomic E-state index is 5.10. The van der Waals surface area contributed by atoms with Crippen molar-refractivity contribution in [2.45, 2.75) is 19.3 Å². The first-order valence-corrected chi connectivity index (χ1v) is 14.7. The molecule has 3 nitrogen and oxygen atoms in total. The first-order valence-electron chi connectivity index (χ1n) is 14.7. The fourth-order valence-corrected chi connectivity index (χ4v) is 6.56. The van der Waals surface area contributed by atoms with Gasteiger partial charge in [-0.3, -0.25) is 0 Å². The molecule has 0 spiro atoms. The zero-order valence-electron chi connectivity index (χ0n) is 24.1. The second-order valence-electron chi connectivity index (χ2n) is 11.7. The van der Waals surface area contributed by atoms with Gasteiger partial charge in [0.15, 0.2) is 17.5 Å². The van der Waals surface area contributed by atoms with Crippen molar-refractivity contribution in [2.75, 3.05) is 0 Å². The molecule has 0 N–H and O–H groups in total. The third-order valence-corrected chi connectivity index (χ3v) is 8.74. The van der Waals surface area contributed by atoms with Crippen LogP contribution in [0.25, 0.3) is 67.2 Å². The zero-order valence-corrected chi connectivity index (χ0v) is 24.1. The molecule has 0 unspecified atom stereocenters. The van der Waals surface area contributed by atoms with Gasteiger partial charge in [0.25, 0.3) is 0 Å². The highest BCUT2D eigenvalue weighted by Crippen LogP contribution is 2.51. The van der Waals surface area contributed by atoms with Gasteiger partial charge in [-0.2, -0.15) is 0 Å². The highest BCUT2D eigenvalue weighted by atomic mass is 15.0. The Morgan fingerprint density at radius 2 is 1.00 bits per heavy atom. The molecule has 0 saturated heterocycles. The summed E-state index contributed by atoms with van der Waals surface area (Å²) in [5, 5.41) is 2.43. The smallest absolute Gasteiger partial charge is 0.164 e. The number of hydrogen-bond acceptors (Lipinski definition) is 3. The van der Waals surface area contributed by atoms with Gasteiger partial charge in [0.2, 0.25) is 0 Å². The second kappa shape index (κ2) is 9.85. The van der Waals surface area contributed by atoms with Crippen molar-refractivity contribution in [2.24, 2.45) is 0 Å². The van der Waals surface area contributed by atoms with Crippen LogP contribution in [0.2, 0.25) is 0 Å². The lowest BCUT2D eigenvalue weighted by molar-refractivity contribution is 0.661. The summed E-state index contributed by atoms with van der Waals surface area (Å²) in [6, 6.07) is 48.9. The van der Waals surface area contributed by atoms with Crippen LogP contribution in [-0.4, -0.2) is 15.0 Å². The molecule has 0 radical (unpaired) electrons. The summed E-state index contributed by atoms with van der Waals surface area (Å²) in [7, 11) is 0. The monoisotopic (exact) mass is 551 g/mol. The molecule has 0 saturated carbocycles. The molecule has 1 aromatic heterocycles. The Hall–Kier alpha value is -5.41. The minimum atomic E-state index is -0.0291. The minimum absolute atomic E-state index is 0.0291. The molecule has 204 valence electrons. The number of benzene rings is 6. The van der Waals surface area contributed by atoms with Crippen LogP contribution >= 0.6 is 0 Å². The van der Waals surface area contributed by atoms with Gasteiger partial charge in [0, 0.05) is 22.1 Å². The van der Waals surface area contributed by atoms with Crippen molar-refractivity contribution in [3.63, 3.8) is 0 Å². The Labute approximate surface area is 251 Å². The van der Waals surface area contributed by atoms with Gasteiger partial charge in [-0.25, -0.2) is 15.0 Å². The lowest BCUT2D eigenvalue weighted by atomic mass is 9.82. The molecule has 1 heterocycles. The van der Waals surface area contributed by atoms with E-state index in [-0.39, 0.29) is 5.41 Å². The summed E-state index contributed by atoms with van der Waals surface area (Å²) in [6.07, 6.45) is 0. The Kier molecular flexibility index (Phi) is 5.80. The average Bonchev–Trinajstić information content (AvgIpc) is 3.31. The quantitative estimate of drug-likeness (QED) is 0.218. The van der Waals surface area contributed by atoms with E-state index in [2.05, 4.69) is 123 Å². The second-order valence-corrected chi connectivity index (χ2v) is 11.7. The van der Waals surface area contributed by atoms with Gasteiger partial charge >= 0.3 is 0 Å². The Balaban J connectivity index is 1.32. The van der Waals surface area contributed by atoms with E-state index in [4.69, 9.17) is 15.0 Å². The van der Waals surface area contributed by atoms with E-state index in [1.165, 1.54) is 33.0 Å². The number of hydrogen-bond donors (Lipinski definition) is 0. The maximum atomic E-state index is 5.10. The van der Waals surface area contributed by atoms with E-state index in [1.54, 1.807) is 0 Å². The van der Waals surface area contributed by atoms with Gasteiger partial charge < -0.3 is 0 Å². The van der Waals surface area contributed by atoms with Crippen LogP contribution < -0.4 is 0 Å². The molecule has 43 heavy (non-hydrogen) atoms. The Morgan fingerprint density at radius 3 is 1.74 bits per heavy atom. The summed E-state index contributed by atoms with van der Waals surface area (Å²) in [5.74, 6) is 1.98. The van der Waals surface area contributed by atoms with Crippen molar-refractivity contribution in [1.29, 1.82) is 0 Å². The van der Waals surface area contributed by atoms with Crippen molar-refractivity contribution in [1.82, 2.24) is 15.0 Å². The van der Waals surface area contributed by atoms with Crippen LogP contribution in [0.3, 0.4) is 0 Å². The lowest BCUT2D eigenvalue weighted by Crippen LogP contribution is -2.14. The maximum Gasteiger partial charge on any atom is 0.164 e. The summed E-state index contributed by atoms with van der Waals surface area (Å²) in [5.41, 5.74) is 10.5. The van der Waals surface area contributed by atoms with Gasteiger partial charge in [-0.1, -0.05) is 147 Å². The molecule has 6 aromatic carbocycles. The summed E-state index contributed by atoms with van der Waals surface area (Å²) in [6.45, 7) is 4.64. The highest BCUT2D eigenvalue weighted by Gasteiger charge is 2.36. The highest BCUT2D eigenvalue weighted by molar-refractivity contribution is 6.03. The van der Waals surface area contributed by atoms with E-state index in [0.717, 1.165) is 27.8 Å². The van der Waals surface area contributed by atoms with Crippen molar-refractivity contribution in [3.8, 4) is 56.4 Å². The Morgan fingerprint density at radius 1 is 0.419 bits per heavy atom. The number of rotatable bonds is 4. The number of aromatic nitrogens is 3. The predicted octanol–water partition coefficient (Wildman–Crippen LogP) is 10.00. The molecular formula is C40H29N3. The topological polar surface area (TPSA) is 38.7 Å². The molecule has 0 fully saturated rings. The van der Waals surface area contributed by atoms with E-state index < -0.39 is 0 Å². The van der Waals surface area contributed by atoms with Crippen LogP contribution in [0, 0.1) is 0 Å². The van der Waals surface area contributed by atoms with Crippen LogP contribution in [0.15, 0.2) is 140 Å². The van der Waals surface area contributed by atoms with Gasteiger partial charge in [0.1, 0.15) is 0 Å². The zero-order chi connectivity index (χ0) is 29.0. The van der Waals surface area contributed by atoms with Crippen LogP contribution in [0.4, 0.5) is 0 Å². The van der Waals surface area contributed by atoms with E-state index >= 15 is 0 Å². The normalized spacial score (nSPS) is 13.1. The summed E-state index contributed by atoms with van der Waals surface area (Å²) in [4.78, 5) is 15.1. The van der Waals surface area contributed by atoms with Crippen molar-refractivity contribution >= 4 is 10.8 Å². The van der Waals surface area contributed by atoms with E-state index in [1.807, 2.05) is 30.3 Å². The van der Waals surface area contributed by atoms with Gasteiger partial charge in [-0.15, -0.1) is 0 Å². The van der Waals surface area contributed by atoms with Crippen LogP contribution in [0.5, 0.6) is 0 Å². The summed E-state index contributed by atoms with van der Waals surface area (Å²) >= 11 is 0. The third-order valence-electron chi connectivity index (χ3n) is 8.74. The Bertz CT molecular complexity index is 2150. The molecule has 8 rings (SSSR count). The molecule has 0 atom stereocenters. The first kappa shape index (κ1) is 25.3. The molecule has 3 heteroatoms. The predicted molar refractivity (Wildman–Crippen MR) is 177 cm³/mol. The molecule has 0 amide bonds. The molecular weight excluding hydrogens is 522 g/mol. The standard InChI is InChI=1S/C40H29N3/c1-40(2)34-20-12-11-19-33(34)36-31-23-21-29(25-28(31)22-24-35(36)40)38-41-37(27-15-7-4-8-16-27)42-39(43-38)32-18-10-9-17-30(32)26-13-5-3-6-14-26/h3-25H,1-2H3. The molecule has 0 aliphatic heterocycles. The van der Waals surface area contributed by atoms with E-state index in [9.17, 15) is 0 Å². The van der Waals surface area contributed by atoms with Crippen molar-refractivity contribution < 1.29 is 0 Å². The molecule has 1 aliphatic rings. The van der Waals surface area contributed by atoms with Crippen LogP contribution in [0.1, 0.15) is 25.0 Å². The number of nitrogens with zero attached hydrogens (tertiary/aromatic N) is 3. The molecule has 7 aromatic rings. The van der Waals surface area contributed by atoms with Gasteiger partial charge in [0.05, 0.1) is 0 Å². The molecule has 0 bridgehead atoms. The number of fused-ring (bicyclic) bond motifs is 5. The lowest BCUT2D eigenvalue weighted by Gasteiger charge is -2.21. The van der Waals surface area contributed by atoms with Crippen LogP contribution in [-0.2, 0) is 5.41 Å². The third kappa shape index (κ3) is 4.16. The summed E-state index contributed by atoms with van der Waals surface area (Å²) < 4.78 is 0. The largest absolute Gasteiger partial charge is 0.208 e. The fourth-order valence-electron chi connectivity index (χ4n) is 6.56. The van der Waals surface area contributed by atoms with Gasteiger partial charge in [-0.05, 0) is 50.2 Å². The minimum Gasteiger partial charge on any atom is -0.208 e. The van der Waals surface area contributed by atoms with E-state index in [0.29, 0.717) is 17.5 Å². The fraction of sp³-hybridized carbons (Fsp3) is 0.0750. The molecule has 1 aliphatic carbocycles. The van der Waals surface area contributed by atoms with Crippen molar-refractivity contribution in [3.05, 3.63) is 151 Å².